The lowest BCUT2D eigenvalue weighted by Gasteiger charge is -2.13. The van der Waals surface area contributed by atoms with Gasteiger partial charge < -0.3 is 10.6 Å². The van der Waals surface area contributed by atoms with Gasteiger partial charge in [-0.15, -0.1) is 0 Å². The lowest BCUT2D eigenvalue weighted by atomic mass is 10.1. The van der Waals surface area contributed by atoms with Crippen LogP contribution in [0.15, 0.2) is 55.1 Å². The van der Waals surface area contributed by atoms with Crippen molar-refractivity contribution >= 4 is 11.4 Å². The first-order valence-electron chi connectivity index (χ1n) is 7.86. The van der Waals surface area contributed by atoms with Gasteiger partial charge in [0, 0.05) is 24.5 Å². The molecule has 0 unspecified atom stereocenters. The van der Waals surface area contributed by atoms with E-state index < -0.39 is 0 Å². The number of aryl methyl sites for hydroxylation is 1. The van der Waals surface area contributed by atoms with Crippen LogP contribution in [0, 0.1) is 12.7 Å². The molecule has 0 fully saturated rings. The van der Waals surface area contributed by atoms with Crippen LogP contribution in [0.4, 0.5) is 15.8 Å². The molecule has 3 aromatic rings. The molecule has 124 valence electrons. The Morgan fingerprint density at radius 1 is 1.08 bits per heavy atom. The van der Waals surface area contributed by atoms with E-state index in [0.717, 1.165) is 30.0 Å². The van der Waals surface area contributed by atoms with Gasteiger partial charge in [0.2, 0.25) is 0 Å². The number of hydrogen-bond donors (Lipinski definition) is 2. The van der Waals surface area contributed by atoms with Gasteiger partial charge in [-0.2, -0.15) is 5.10 Å². The van der Waals surface area contributed by atoms with E-state index in [-0.39, 0.29) is 5.82 Å². The largest absolute Gasteiger partial charge is 0.383 e. The molecule has 24 heavy (non-hydrogen) atoms. The molecule has 1 heterocycles. The van der Waals surface area contributed by atoms with Crippen molar-refractivity contribution in [2.75, 3.05) is 17.2 Å². The summed E-state index contributed by atoms with van der Waals surface area (Å²) in [6.07, 6.45) is 3.24. The van der Waals surface area contributed by atoms with E-state index in [1.165, 1.54) is 24.0 Å². The van der Waals surface area contributed by atoms with E-state index in [1.54, 1.807) is 23.1 Å². The molecular formula is C18H20FN5. The van der Waals surface area contributed by atoms with E-state index in [2.05, 4.69) is 39.8 Å². The molecule has 2 aromatic carbocycles. The maximum atomic E-state index is 12.9. The van der Waals surface area contributed by atoms with Gasteiger partial charge in [0.1, 0.15) is 18.5 Å². The summed E-state index contributed by atoms with van der Waals surface area (Å²) >= 11 is 0. The van der Waals surface area contributed by atoms with Crippen molar-refractivity contribution in [1.29, 1.82) is 0 Å². The van der Waals surface area contributed by atoms with E-state index >= 15 is 0 Å². The van der Waals surface area contributed by atoms with Crippen molar-refractivity contribution in [2.45, 2.75) is 20.0 Å². The van der Waals surface area contributed by atoms with Crippen LogP contribution < -0.4 is 10.6 Å². The zero-order valence-corrected chi connectivity index (χ0v) is 13.5. The fourth-order valence-electron chi connectivity index (χ4n) is 2.38. The highest BCUT2D eigenvalue weighted by molar-refractivity contribution is 5.61. The predicted molar refractivity (Wildman–Crippen MR) is 93.4 cm³/mol. The van der Waals surface area contributed by atoms with Gasteiger partial charge >= 0.3 is 0 Å². The SMILES string of the molecule is Cc1ccc(NCc2ccc(F)cc2)cc1NCCn1cncn1. The number of rotatable bonds is 7. The lowest BCUT2D eigenvalue weighted by molar-refractivity contribution is 0.627. The first kappa shape index (κ1) is 16.0. The van der Waals surface area contributed by atoms with Crippen LogP contribution in [-0.4, -0.2) is 21.3 Å². The smallest absolute Gasteiger partial charge is 0.137 e. The minimum Gasteiger partial charge on any atom is -0.383 e. The number of nitrogens with one attached hydrogen (secondary N) is 2. The van der Waals surface area contributed by atoms with Gasteiger partial charge in [0.05, 0.1) is 6.54 Å². The summed E-state index contributed by atoms with van der Waals surface area (Å²) in [7, 11) is 0. The molecule has 0 saturated carbocycles. The zero-order valence-electron chi connectivity index (χ0n) is 13.5. The second kappa shape index (κ2) is 7.59. The van der Waals surface area contributed by atoms with E-state index in [0.29, 0.717) is 6.54 Å². The Labute approximate surface area is 140 Å². The topological polar surface area (TPSA) is 54.8 Å². The third kappa shape index (κ3) is 4.32. The summed E-state index contributed by atoms with van der Waals surface area (Å²) < 4.78 is 14.7. The normalized spacial score (nSPS) is 10.6. The monoisotopic (exact) mass is 325 g/mol. The Bertz CT molecular complexity index is 769. The molecule has 3 rings (SSSR count). The molecule has 0 aliphatic rings. The summed E-state index contributed by atoms with van der Waals surface area (Å²) in [4.78, 5) is 3.93. The second-order valence-corrected chi connectivity index (χ2v) is 5.60. The number of hydrogen-bond acceptors (Lipinski definition) is 4. The van der Waals surface area contributed by atoms with Gasteiger partial charge in [0.25, 0.3) is 0 Å². The summed E-state index contributed by atoms with van der Waals surface area (Å²) in [6, 6.07) is 12.7. The molecule has 0 aliphatic heterocycles. The average Bonchev–Trinajstić information content (AvgIpc) is 3.10. The minimum absolute atomic E-state index is 0.215. The minimum atomic E-state index is -0.215. The molecule has 0 bridgehead atoms. The summed E-state index contributed by atoms with van der Waals surface area (Å²) in [6.45, 7) is 4.25. The fourth-order valence-corrected chi connectivity index (χ4v) is 2.38. The Morgan fingerprint density at radius 3 is 2.67 bits per heavy atom. The van der Waals surface area contributed by atoms with Crippen molar-refractivity contribution in [3.05, 3.63) is 72.1 Å². The van der Waals surface area contributed by atoms with Crippen LogP contribution in [0.2, 0.25) is 0 Å². The van der Waals surface area contributed by atoms with Gasteiger partial charge in [-0.05, 0) is 42.3 Å². The maximum Gasteiger partial charge on any atom is 0.137 e. The first-order valence-corrected chi connectivity index (χ1v) is 7.86. The van der Waals surface area contributed by atoms with Gasteiger partial charge in [-0.3, -0.25) is 4.68 Å². The molecule has 5 nitrogen and oxygen atoms in total. The summed E-state index contributed by atoms with van der Waals surface area (Å²) in [5, 5.41) is 10.9. The van der Waals surface area contributed by atoms with Crippen molar-refractivity contribution in [3.8, 4) is 0 Å². The van der Waals surface area contributed by atoms with Crippen LogP contribution >= 0.6 is 0 Å². The summed E-state index contributed by atoms with van der Waals surface area (Å²) in [5.74, 6) is -0.215. The van der Waals surface area contributed by atoms with Crippen molar-refractivity contribution < 1.29 is 4.39 Å². The van der Waals surface area contributed by atoms with Crippen molar-refractivity contribution in [3.63, 3.8) is 0 Å². The number of aromatic nitrogens is 3. The molecule has 0 atom stereocenters. The zero-order chi connectivity index (χ0) is 16.8. The molecule has 2 N–H and O–H groups in total. The third-order valence-corrected chi connectivity index (χ3v) is 3.77. The standard InChI is InChI=1S/C18H20FN5/c1-14-2-7-17(22-11-15-3-5-16(19)6-4-15)10-18(14)21-8-9-24-13-20-12-23-24/h2-7,10,12-13,21-22H,8-9,11H2,1H3. The number of benzene rings is 2. The Balaban J connectivity index is 1.57. The maximum absolute atomic E-state index is 12.9. The van der Waals surface area contributed by atoms with Crippen LogP contribution in [0.25, 0.3) is 0 Å². The molecule has 0 amide bonds. The second-order valence-electron chi connectivity index (χ2n) is 5.60. The lowest BCUT2D eigenvalue weighted by Crippen LogP contribution is -2.11. The van der Waals surface area contributed by atoms with Crippen LogP contribution in [-0.2, 0) is 13.1 Å². The Morgan fingerprint density at radius 2 is 1.92 bits per heavy atom. The molecular weight excluding hydrogens is 305 g/mol. The molecule has 6 heteroatoms. The number of nitrogens with zero attached hydrogens (tertiary/aromatic N) is 3. The highest BCUT2D eigenvalue weighted by Gasteiger charge is 2.01. The van der Waals surface area contributed by atoms with Crippen LogP contribution in [0.1, 0.15) is 11.1 Å². The van der Waals surface area contributed by atoms with Crippen LogP contribution in [0.5, 0.6) is 0 Å². The number of anilines is 2. The van der Waals surface area contributed by atoms with E-state index in [1.807, 2.05) is 6.07 Å². The van der Waals surface area contributed by atoms with Gasteiger partial charge in [-0.1, -0.05) is 18.2 Å². The highest BCUT2D eigenvalue weighted by atomic mass is 19.1. The van der Waals surface area contributed by atoms with Crippen LogP contribution in [0.3, 0.4) is 0 Å². The highest BCUT2D eigenvalue weighted by Crippen LogP contribution is 2.20. The van der Waals surface area contributed by atoms with Gasteiger partial charge in [0.15, 0.2) is 0 Å². The van der Waals surface area contributed by atoms with E-state index in [9.17, 15) is 4.39 Å². The molecule has 1 aromatic heterocycles. The Hall–Kier alpha value is -2.89. The summed E-state index contributed by atoms with van der Waals surface area (Å²) in [5.41, 5.74) is 4.32. The molecule has 0 radical (unpaired) electrons. The molecule has 0 spiro atoms. The van der Waals surface area contributed by atoms with E-state index in [4.69, 9.17) is 0 Å². The fraction of sp³-hybridized carbons (Fsp3) is 0.222. The number of halogens is 1. The first-order chi connectivity index (χ1) is 11.7. The quantitative estimate of drug-likeness (QED) is 0.698. The predicted octanol–water partition coefficient (Wildman–Crippen LogP) is 3.45. The molecule has 0 saturated heterocycles. The van der Waals surface area contributed by atoms with Gasteiger partial charge in [-0.25, -0.2) is 9.37 Å². The van der Waals surface area contributed by atoms with Crippen molar-refractivity contribution in [1.82, 2.24) is 14.8 Å². The average molecular weight is 325 g/mol. The third-order valence-electron chi connectivity index (χ3n) is 3.77. The molecule has 0 aliphatic carbocycles. The Kier molecular flexibility index (Phi) is 5.05. The van der Waals surface area contributed by atoms with Crippen molar-refractivity contribution in [2.24, 2.45) is 0 Å².